The number of anilines is 1. The van der Waals surface area contributed by atoms with Gasteiger partial charge in [0.15, 0.2) is 0 Å². The van der Waals surface area contributed by atoms with Gasteiger partial charge in [0.1, 0.15) is 23.1 Å². The molecule has 1 saturated heterocycles. The lowest BCUT2D eigenvalue weighted by Gasteiger charge is -2.36. The van der Waals surface area contributed by atoms with Gasteiger partial charge in [0, 0.05) is 36.6 Å². The van der Waals surface area contributed by atoms with Crippen LogP contribution in [0.4, 0.5) is 14.6 Å². The van der Waals surface area contributed by atoms with Gasteiger partial charge in [-0.2, -0.15) is 5.10 Å². The number of nitrogens with zero attached hydrogens (tertiary/aromatic N) is 4. The Labute approximate surface area is 202 Å². The molecule has 0 saturated carbocycles. The second-order valence-corrected chi connectivity index (χ2v) is 9.16. The molecule has 184 valence electrons. The Balaban J connectivity index is 1.55. The van der Waals surface area contributed by atoms with Gasteiger partial charge in [-0.15, -0.1) is 0 Å². The zero-order valence-electron chi connectivity index (χ0n) is 20.2. The number of aromatic nitrogens is 3. The number of halogens is 2. The predicted octanol–water partition coefficient (Wildman–Crippen LogP) is 2.48. The van der Waals surface area contributed by atoms with Crippen LogP contribution in [-0.2, 0) is 6.54 Å². The Kier molecular flexibility index (Phi) is 7.09. The molecule has 0 bridgehead atoms. The van der Waals surface area contributed by atoms with E-state index in [0.29, 0.717) is 41.2 Å². The van der Waals surface area contributed by atoms with E-state index in [2.05, 4.69) is 37.0 Å². The summed E-state index contributed by atoms with van der Waals surface area (Å²) < 4.78 is 29.0. The third kappa shape index (κ3) is 5.47. The molecule has 0 spiro atoms. The monoisotopic (exact) mass is 480 g/mol. The third-order valence-corrected chi connectivity index (χ3v) is 6.32. The van der Waals surface area contributed by atoms with E-state index in [4.69, 9.17) is 0 Å². The summed E-state index contributed by atoms with van der Waals surface area (Å²) in [5.41, 5.74) is 1.36. The highest BCUT2D eigenvalue weighted by Crippen LogP contribution is 2.25. The Morgan fingerprint density at radius 3 is 2.57 bits per heavy atom. The number of hydrogen-bond acceptors (Lipinski definition) is 6. The minimum atomic E-state index is -0.659. The smallest absolute Gasteiger partial charge is 0.135 e. The first-order valence-electron chi connectivity index (χ1n) is 11.5. The first-order chi connectivity index (χ1) is 16.7. The zero-order chi connectivity index (χ0) is 25.2. The van der Waals surface area contributed by atoms with Crippen LogP contribution in [-0.4, -0.2) is 51.7 Å². The van der Waals surface area contributed by atoms with Crippen LogP contribution in [0.3, 0.4) is 0 Å². The van der Waals surface area contributed by atoms with Crippen molar-refractivity contribution >= 4 is 24.3 Å². The second-order valence-electron chi connectivity index (χ2n) is 9.16. The quantitative estimate of drug-likeness (QED) is 0.472. The average Bonchev–Trinajstić information content (AvgIpc) is 3.18. The van der Waals surface area contributed by atoms with Crippen LogP contribution >= 0.6 is 0 Å². The lowest BCUT2D eigenvalue weighted by Crippen LogP contribution is -2.42. The molecule has 2 aromatic heterocycles. The SMILES string of the molecule is C=c1c(-c2ccc(N3CCC(C)(O)CC3)nc2)n[nH]/c1=C/N=C(\C)c1c(F)cc(CNC)cc1F. The van der Waals surface area contributed by atoms with Gasteiger partial charge in [-0.3, -0.25) is 10.1 Å². The number of H-pyrrole nitrogens is 1. The number of aliphatic hydroxyl groups is 1. The number of aliphatic imine (C=N–C) groups is 1. The molecule has 3 heterocycles. The Morgan fingerprint density at radius 1 is 1.29 bits per heavy atom. The van der Waals surface area contributed by atoms with Crippen LogP contribution in [0.15, 0.2) is 35.5 Å². The van der Waals surface area contributed by atoms with E-state index < -0.39 is 17.2 Å². The van der Waals surface area contributed by atoms with Gasteiger partial charge >= 0.3 is 0 Å². The van der Waals surface area contributed by atoms with Crippen molar-refractivity contribution < 1.29 is 13.9 Å². The standard InChI is InChI=1S/C26H30F2N6O/c1-16-22(15-30-17(2)24-20(27)11-18(13-29-4)12-21(24)28)32-33-25(16)19-5-6-23(31-14-19)34-9-7-26(3,35)8-10-34/h5-6,11-12,14-15,29,32,35H,1,7-10,13H2,2-4H3/b22-15+,30-17+. The van der Waals surface area contributed by atoms with E-state index in [1.807, 2.05) is 19.1 Å². The molecule has 0 atom stereocenters. The van der Waals surface area contributed by atoms with Crippen molar-refractivity contribution in [1.29, 1.82) is 0 Å². The summed E-state index contributed by atoms with van der Waals surface area (Å²) >= 11 is 0. The van der Waals surface area contributed by atoms with E-state index in [1.54, 1.807) is 20.2 Å². The van der Waals surface area contributed by atoms with Gasteiger partial charge in [-0.1, -0.05) is 6.58 Å². The molecule has 0 radical (unpaired) electrons. The van der Waals surface area contributed by atoms with Crippen molar-refractivity contribution in [1.82, 2.24) is 20.5 Å². The van der Waals surface area contributed by atoms with Gasteiger partial charge in [0.25, 0.3) is 0 Å². The molecule has 9 heteroatoms. The lowest BCUT2D eigenvalue weighted by atomic mass is 9.94. The zero-order valence-corrected chi connectivity index (χ0v) is 20.2. The van der Waals surface area contributed by atoms with Crippen LogP contribution in [0.2, 0.25) is 0 Å². The second kappa shape index (κ2) is 10.1. The number of pyridine rings is 1. The highest BCUT2D eigenvalue weighted by atomic mass is 19.1. The highest BCUT2D eigenvalue weighted by molar-refractivity contribution is 6.00. The Hall–Kier alpha value is -3.43. The van der Waals surface area contributed by atoms with Gasteiger partial charge in [-0.25, -0.2) is 13.8 Å². The maximum Gasteiger partial charge on any atom is 0.135 e. The molecular weight excluding hydrogens is 450 g/mol. The molecule has 35 heavy (non-hydrogen) atoms. The van der Waals surface area contributed by atoms with Crippen LogP contribution in [0.25, 0.3) is 24.0 Å². The molecular formula is C26H30F2N6O. The van der Waals surface area contributed by atoms with Gasteiger partial charge < -0.3 is 15.3 Å². The van der Waals surface area contributed by atoms with Crippen molar-refractivity contribution in [3.8, 4) is 11.3 Å². The molecule has 7 nitrogen and oxygen atoms in total. The number of nitrogens with one attached hydrogen (secondary N) is 2. The van der Waals surface area contributed by atoms with Crippen molar-refractivity contribution in [3.05, 3.63) is 63.8 Å². The summed E-state index contributed by atoms with van der Waals surface area (Å²) in [5.74, 6) is -0.468. The summed E-state index contributed by atoms with van der Waals surface area (Å²) in [6, 6.07) is 6.46. The summed E-state index contributed by atoms with van der Waals surface area (Å²) in [4.78, 5) is 11.0. The van der Waals surface area contributed by atoms with Gasteiger partial charge in [0.05, 0.1) is 28.4 Å². The van der Waals surface area contributed by atoms with Crippen LogP contribution < -0.4 is 20.8 Å². The van der Waals surface area contributed by atoms with Crippen LogP contribution in [0, 0.1) is 11.6 Å². The summed E-state index contributed by atoms with van der Waals surface area (Å²) in [5, 5.41) is 21.4. The first-order valence-corrected chi connectivity index (χ1v) is 11.5. The fraction of sp³-hybridized carbons (Fsp3) is 0.346. The maximum atomic E-state index is 14.5. The molecule has 1 aliphatic rings. The number of piperidine rings is 1. The minimum absolute atomic E-state index is 0.162. The molecule has 3 aromatic rings. The number of rotatable bonds is 6. The summed E-state index contributed by atoms with van der Waals surface area (Å²) in [7, 11) is 1.71. The maximum absolute atomic E-state index is 14.5. The van der Waals surface area contributed by atoms with Crippen molar-refractivity contribution in [2.24, 2.45) is 4.99 Å². The van der Waals surface area contributed by atoms with E-state index >= 15 is 0 Å². The largest absolute Gasteiger partial charge is 0.390 e. The van der Waals surface area contributed by atoms with Crippen molar-refractivity contribution in [2.75, 3.05) is 25.0 Å². The molecule has 0 unspecified atom stereocenters. The minimum Gasteiger partial charge on any atom is -0.390 e. The average molecular weight is 481 g/mol. The van der Waals surface area contributed by atoms with Crippen molar-refractivity contribution in [2.45, 2.75) is 38.8 Å². The molecule has 1 aromatic carbocycles. The fourth-order valence-electron chi connectivity index (χ4n) is 4.16. The topological polar surface area (TPSA) is 89.4 Å². The highest BCUT2D eigenvalue weighted by Gasteiger charge is 2.27. The van der Waals surface area contributed by atoms with Gasteiger partial charge in [-0.05, 0) is 63.6 Å². The van der Waals surface area contributed by atoms with Gasteiger partial charge in [0.2, 0.25) is 0 Å². The fourth-order valence-corrected chi connectivity index (χ4v) is 4.16. The van der Waals surface area contributed by atoms with E-state index in [1.165, 1.54) is 18.3 Å². The number of benzene rings is 1. The number of hydrogen-bond donors (Lipinski definition) is 3. The summed E-state index contributed by atoms with van der Waals surface area (Å²) in [6.45, 7) is 9.37. The Bertz CT molecular complexity index is 1310. The number of aromatic amines is 1. The predicted molar refractivity (Wildman–Crippen MR) is 134 cm³/mol. The third-order valence-electron chi connectivity index (χ3n) is 6.32. The van der Waals surface area contributed by atoms with Crippen LogP contribution in [0.5, 0.6) is 0 Å². The Morgan fingerprint density at radius 2 is 1.97 bits per heavy atom. The lowest BCUT2D eigenvalue weighted by molar-refractivity contribution is 0.0350. The van der Waals surface area contributed by atoms with Crippen LogP contribution in [0.1, 0.15) is 37.8 Å². The first kappa shape index (κ1) is 24.7. The molecule has 0 amide bonds. The van der Waals surface area contributed by atoms with E-state index in [9.17, 15) is 13.9 Å². The molecule has 0 aliphatic carbocycles. The van der Waals surface area contributed by atoms with E-state index in [0.717, 1.165) is 24.5 Å². The molecule has 1 fully saturated rings. The summed E-state index contributed by atoms with van der Waals surface area (Å²) in [6.07, 6.45) is 4.61. The van der Waals surface area contributed by atoms with E-state index in [-0.39, 0.29) is 11.3 Å². The molecule has 4 rings (SSSR count). The van der Waals surface area contributed by atoms with Crippen molar-refractivity contribution in [3.63, 3.8) is 0 Å². The molecule has 1 aliphatic heterocycles. The molecule has 3 N–H and O–H groups in total. The normalized spacial score (nSPS) is 16.7.